The van der Waals surface area contributed by atoms with Crippen molar-refractivity contribution in [3.63, 3.8) is 0 Å². The average molecular weight is 630 g/mol. The third-order valence-corrected chi connectivity index (χ3v) is 7.54. The fraction of sp³-hybridized carbons (Fsp3) is 0.594. The standard InChI is InChI=1S/C32H47N5O8/c1-20(2)29(36-27(40)10-6-5-7-16-37-28(41)17-21(3)31(37)43)30(42)35-25(9-8-15-34-32(33)44)26(39)18-23-11-13-24(14-12-23)19-45-22(4)38/h11-14,20-21,25,29H,5-10,15-19H2,1-4H3,(H,35,42)(H,36,40)(H3,33,34,44)/t21?,25-,29-/m0/s1. The first-order valence-electron chi connectivity index (χ1n) is 15.5. The van der Waals surface area contributed by atoms with Gasteiger partial charge in [-0.15, -0.1) is 0 Å². The van der Waals surface area contributed by atoms with Crippen LogP contribution in [0.3, 0.4) is 0 Å². The van der Waals surface area contributed by atoms with E-state index in [1.165, 1.54) is 11.8 Å². The topological polar surface area (TPSA) is 194 Å². The van der Waals surface area contributed by atoms with E-state index < -0.39 is 30.0 Å². The molecule has 0 radical (unpaired) electrons. The van der Waals surface area contributed by atoms with Gasteiger partial charge in [-0.1, -0.05) is 51.5 Å². The van der Waals surface area contributed by atoms with E-state index in [1.54, 1.807) is 45.0 Å². The van der Waals surface area contributed by atoms with Gasteiger partial charge in [0, 0.05) is 45.2 Å². The van der Waals surface area contributed by atoms with Crippen molar-refractivity contribution in [2.75, 3.05) is 13.1 Å². The van der Waals surface area contributed by atoms with Gasteiger partial charge in [0.2, 0.25) is 23.6 Å². The number of unbranched alkanes of at least 4 members (excludes halogenated alkanes) is 2. The first-order chi connectivity index (χ1) is 21.3. The van der Waals surface area contributed by atoms with Crippen LogP contribution in [0.2, 0.25) is 0 Å². The summed E-state index contributed by atoms with van der Waals surface area (Å²) in [5.74, 6) is -2.30. The summed E-state index contributed by atoms with van der Waals surface area (Å²) >= 11 is 0. The molecule has 1 aromatic rings. The van der Waals surface area contributed by atoms with Gasteiger partial charge in [0.25, 0.3) is 0 Å². The molecular weight excluding hydrogens is 582 g/mol. The summed E-state index contributed by atoms with van der Waals surface area (Å²) in [6.45, 7) is 7.33. The second kappa shape index (κ2) is 18.5. The molecule has 1 heterocycles. The molecule has 3 atom stereocenters. The van der Waals surface area contributed by atoms with Crippen LogP contribution < -0.4 is 21.7 Å². The van der Waals surface area contributed by atoms with Gasteiger partial charge in [-0.2, -0.15) is 0 Å². The van der Waals surface area contributed by atoms with E-state index in [2.05, 4.69) is 16.0 Å². The SMILES string of the molecule is CC(=O)OCc1ccc(CC(=O)[C@H](CCCNC(N)=O)NC(=O)[C@@H](NC(=O)CCCCCN2C(=O)CC(C)C2=O)C(C)C)cc1. The summed E-state index contributed by atoms with van der Waals surface area (Å²) in [5, 5.41) is 8.05. The molecule has 45 heavy (non-hydrogen) atoms. The Morgan fingerprint density at radius 2 is 1.64 bits per heavy atom. The smallest absolute Gasteiger partial charge is 0.312 e. The number of carbonyl (C=O) groups excluding carboxylic acids is 7. The predicted molar refractivity (Wildman–Crippen MR) is 165 cm³/mol. The lowest BCUT2D eigenvalue weighted by Gasteiger charge is -2.25. The normalized spacial score (nSPS) is 15.8. The Labute approximate surface area is 264 Å². The summed E-state index contributed by atoms with van der Waals surface area (Å²) in [6, 6.07) is 4.58. The number of amides is 6. The van der Waals surface area contributed by atoms with Crippen LogP contribution in [0.1, 0.15) is 83.8 Å². The van der Waals surface area contributed by atoms with Gasteiger partial charge < -0.3 is 26.4 Å². The Morgan fingerprint density at radius 3 is 2.22 bits per heavy atom. The molecule has 248 valence electrons. The van der Waals surface area contributed by atoms with Crippen LogP contribution in [0.25, 0.3) is 0 Å². The maximum Gasteiger partial charge on any atom is 0.312 e. The van der Waals surface area contributed by atoms with E-state index >= 15 is 0 Å². The van der Waals surface area contributed by atoms with Crippen LogP contribution in [0.4, 0.5) is 4.79 Å². The van der Waals surface area contributed by atoms with Gasteiger partial charge in [-0.25, -0.2) is 4.79 Å². The number of hydrogen-bond acceptors (Lipinski definition) is 8. The Hall–Kier alpha value is -4.29. The van der Waals surface area contributed by atoms with E-state index in [4.69, 9.17) is 10.5 Å². The predicted octanol–water partition coefficient (Wildman–Crippen LogP) is 1.89. The number of nitrogens with zero attached hydrogens (tertiary/aromatic N) is 1. The molecule has 1 aliphatic heterocycles. The van der Waals surface area contributed by atoms with Gasteiger partial charge in [-0.05, 0) is 42.7 Å². The molecule has 1 saturated heterocycles. The summed E-state index contributed by atoms with van der Waals surface area (Å²) in [4.78, 5) is 86.7. The number of hydrogen-bond donors (Lipinski definition) is 4. The Morgan fingerprint density at radius 1 is 0.978 bits per heavy atom. The van der Waals surface area contributed by atoms with Gasteiger partial charge in [0.05, 0.1) is 6.04 Å². The van der Waals surface area contributed by atoms with Crippen molar-refractivity contribution < 1.29 is 38.3 Å². The maximum absolute atomic E-state index is 13.3. The molecule has 0 saturated carbocycles. The summed E-state index contributed by atoms with van der Waals surface area (Å²) < 4.78 is 4.99. The average Bonchev–Trinajstić information content (AvgIpc) is 3.21. The van der Waals surface area contributed by atoms with E-state index in [0.29, 0.717) is 37.8 Å². The number of benzene rings is 1. The maximum atomic E-state index is 13.3. The molecule has 1 aliphatic rings. The second-order valence-corrected chi connectivity index (χ2v) is 11.8. The summed E-state index contributed by atoms with van der Waals surface area (Å²) in [6.07, 6.45) is 2.83. The highest BCUT2D eigenvalue weighted by Gasteiger charge is 2.35. The van der Waals surface area contributed by atoms with Crippen LogP contribution in [-0.4, -0.2) is 71.5 Å². The van der Waals surface area contributed by atoms with Crippen molar-refractivity contribution in [2.24, 2.45) is 17.6 Å². The number of nitrogens with one attached hydrogen (secondary N) is 3. The highest BCUT2D eigenvalue weighted by atomic mass is 16.5. The fourth-order valence-electron chi connectivity index (χ4n) is 4.95. The first kappa shape index (κ1) is 36.9. The number of ketones is 1. The van der Waals surface area contributed by atoms with Crippen molar-refractivity contribution >= 4 is 41.4 Å². The van der Waals surface area contributed by atoms with Gasteiger partial charge in [0.1, 0.15) is 12.6 Å². The molecule has 5 N–H and O–H groups in total. The number of urea groups is 1. The Balaban J connectivity index is 1.93. The molecule has 13 nitrogen and oxygen atoms in total. The van der Waals surface area contributed by atoms with Gasteiger partial charge in [-0.3, -0.25) is 33.7 Å². The Kier molecular flexibility index (Phi) is 15.2. The molecule has 1 aromatic carbocycles. The van der Waals surface area contributed by atoms with Gasteiger partial charge in [0.15, 0.2) is 5.78 Å². The number of imide groups is 1. The second-order valence-electron chi connectivity index (χ2n) is 11.8. The molecule has 1 unspecified atom stereocenters. The number of rotatable bonds is 19. The van der Waals surface area contributed by atoms with E-state index in [0.717, 1.165) is 5.56 Å². The number of carbonyl (C=O) groups is 7. The van der Waals surface area contributed by atoms with E-state index in [9.17, 15) is 33.6 Å². The number of likely N-dealkylation sites (tertiary alicyclic amines) is 1. The van der Waals surface area contributed by atoms with Crippen molar-refractivity contribution in [2.45, 2.75) is 97.8 Å². The van der Waals surface area contributed by atoms with Crippen molar-refractivity contribution in [1.29, 1.82) is 0 Å². The zero-order valence-corrected chi connectivity index (χ0v) is 26.7. The number of esters is 1. The van der Waals surface area contributed by atoms with Crippen LogP contribution in [-0.2, 0) is 46.5 Å². The van der Waals surface area contributed by atoms with Crippen molar-refractivity contribution in [3.05, 3.63) is 35.4 Å². The Bertz CT molecular complexity index is 1220. The highest BCUT2D eigenvalue weighted by molar-refractivity contribution is 6.03. The minimum absolute atomic E-state index is 0.0360. The highest BCUT2D eigenvalue weighted by Crippen LogP contribution is 2.19. The lowest BCUT2D eigenvalue weighted by molar-refractivity contribution is -0.142. The number of primary amides is 1. The van der Waals surface area contributed by atoms with Crippen LogP contribution >= 0.6 is 0 Å². The van der Waals surface area contributed by atoms with Crippen molar-refractivity contribution in [1.82, 2.24) is 20.9 Å². The third-order valence-electron chi connectivity index (χ3n) is 7.54. The molecule has 0 aromatic heterocycles. The van der Waals surface area contributed by atoms with Gasteiger partial charge >= 0.3 is 12.0 Å². The zero-order valence-electron chi connectivity index (χ0n) is 26.7. The lowest BCUT2D eigenvalue weighted by Crippen LogP contribution is -2.54. The number of ether oxygens (including phenoxy) is 1. The summed E-state index contributed by atoms with van der Waals surface area (Å²) in [5.41, 5.74) is 6.61. The first-order valence-corrected chi connectivity index (χ1v) is 15.5. The molecule has 13 heteroatoms. The molecule has 1 fully saturated rings. The van der Waals surface area contributed by atoms with Crippen LogP contribution in [0, 0.1) is 11.8 Å². The molecule has 0 bridgehead atoms. The molecular formula is C32H47N5O8. The van der Waals surface area contributed by atoms with Crippen LogP contribution in [0.15, 0.2) is 24.3 Å². The number of Topliss-reactive ketones (excluding diaryl/α,β-unsaturated/α-hetero) is 1. The lowest BCUT2D eigenvalue weighted by atomic mass is 9.97. The van der Waals surface area contributed by atoms with E-state index in [-0.39, 0.29) is 74.2 Å². The summed E-state index contributed by atoms with van der Waals surface area (Å²) in [7, 11) is 0. The molecule has 2 rings (SSSR count). The third kappa shape index (κ3) is 13.1. The minimum Gasteiger partial charge on any atom is -0.461 e. The van der Waals surface area contributed by atoms with Crippen LogP contribution in [0.5, 0.6) is 0 Å². The molecule has 6 amide bonds. The zero-order chi connectivity index (χ0) is 33.5. The largest absolute Gasteiger partial charge is 0.461 e. The van der Waals surface area contributed by atoms with E-state index in [1.807, 2.05) is 0 Å². The minimum atomic E-state index is -0.876. The van der Waals surface area contributed by atoms with Crippen molar-refractivity contribution in [3.8, 4) is 0 Å². The molecule has 0 spiro atoms. The fourth-order valence-corrected chi connectivity index (χ4v) is 4.95. The monoisotopic (exact) mass is 629 g/mol. The molecule has 0 aliphatic carbocycles. The quantitative estimate of drug-likeness (QED) is 0.101. The number of nitrogens with two attached hydrogens (primary N) is 1.